The molecule has 0 saturated carbocycles. The van der Waals surface area contributed by atoms with Gasteiger partial charge in [-0.25, -0.2) is 0 Å². The molecule has 0 nitrogen and oxygen atoms in total. The van der Waals surface area contributed by atoms with Crippen LogP contribution in [0.2, 0.25) is 0 Å². The third kappa shape index (κ3) is 41.7. The van der Waals surface area contributed by atoms with E-state index in [1.807, 2.05) is 0 Å². The van der Waals surface area contributed by atoms with Crippen LogP contribution in [0.5, 0.6) is 0 Å². The molecule has 7 heavy (non-hydrogen) atoms. The van der Waals surface area contributed by atoms with Crippen molar-refractivity contribution >= 4 is 19.8 Å². The maximum absolute atomic E-state index is 0. The largest absolute Gasteiger partial charge is 0.153 e. The van der Waals surface area contributed by atoms with E-state index in [1.165, 1.54) is 0 Å². The Labute approximate surface area is 110 Å². The smallest absolute Gasteiger partial charge is 0 e. The van der Waals surface area contributed by atoms with Gasteiger partial charge in [0.15, 0.2) is 0 Å². The second-order valence-electron chi connectivity index (χ2n) is 0. The molecule has 2 atom stereocenters. The van der Waals surface area contributed by atoms with Crippen molar-refractivity contribution in [2.24, 2.45) is 0 Å². The van der Waals surface area contributed by atoms with Crippen molar-refractivity contribution in [3.63, 3.8) is 0 Å². The molecule has 67 valence electrons. The Morgan fingerprint density at radius 2 is 0.571 bits per heavy atom. The van der Waals surface area contributed by atoms with Crippen molar-refractivity contribution < 1.29 is 92.3 Å². The van der Waals surface area contributed by atoms with E-state index in [9.17, 15) is 0 Å². The van der Waals surface area contributed by atoms with Crippen molar-refractivity contribution in [2.75, 3.05) is 0 Å². The minimum absolute atomic E-state index is 0. The fourth-order valence-electron chi connectivity index (χ4n) is 0. The van der Waals surface area contributed by atoms with E-state index in [0.29, 0.717) is 0 Å². The second-order valence-corrected chi connectivity index (χ2v) is 0. The third-order valence-corrected chi connectivity index (χ3v) is 0. The van der Waals surface area contributed by atoms with Gasteiger partial charge < -0.3 is 0 Å². The first-order valence-corrected chi connectivity index (χ1v) is 0. The minimum Gasteiger partial charge on any atom is -0.153 e. The number of rotatable bonds is 0. The molecule has 0 aromatic heterocycles. The van der Waals surface area contributed by atoms with Gasteiger partial charge in [-0.15, -0.1) is 0 Å². The van der Waals surface area contributed by atoms with Gasteiger partial charge in [0, 0.05) is 92.3 Å². The van der Waals surface area contributed by atoms with Crippen LogP contribution in [0.4, 0.5) is 0 Å². The van der Waals surface area contributed by atoms with E-state index >= 15 is 0 Å². The van der Waals surface area contributed by atoms with Gasteiger partial charge in [-0.05, 0) is 0 Å². The predicted molar refractivity (Wildman–Crippen MR) is 22.2 cm³/mol. The first-order valence-electron chi connectivity index (χ1n) is 0. The number of hydrogen-bond acceptors (Lipinski definition) is 0. The van der Waals surface area contributed by atoms with Crippen LogP contribution in [0.25, 0.3) is 0 Å². The molecular formula is H6AuNi3P2Pd. The van der Waals surface area contributed by atoms with Crippen LogP contribution in [0.1, 0.15) is 0 Å². The number of hydrogen-bond donors (Lipinski definition) is 0. The predicted octanol–water partition coefficient (Wildman–Crippen LogP) is 0.104. The van der Waals surface area contributed by atoms with Gasteiger partial charge in [-0.3, -0.25) is 0 Å². The molecule has 2 unspecified atom stereocenters. The summed E-state index contributed by atoms with van der Waals surface area (Å²) >= 11 is 0. The summed E-state index contributed by atoms with van der Waals surface area (Å²) in [5.74, 6) is 0. The molecule has 0 aromatic carbocycles. The van der Waals surface area contributed by atoms with Crippen LogP contribution in [0, 0.1) is 0 Å². The molecule has 0 rings (SSSR count). The summed E-state index contributed by atoms with van der Waals surface area (Å²) in [6.07, 6.45) is 0. The van der Waals surface area contributed by atoms with E-state index in [2.05, 4.69) is 0 Å². The Morgan fingerprint density at radius 3 is 0.571 bits per heavy atom. The van der Waals surface area contributed by atoms with Crippen molar-refractivity contribution in [1.29, 1.82) is 0 Å². The summed E-state index contributed by atoms with van der Waals surface area (Å²) in [7, 11) is 0. The van der Waals surface area contributed by atoms with Crippen LogP contribution in [-0.2, 0) is 92.3 Å². The Morgan fingerprint density at radius 1 is 0.571 bits per heavy atom. The second kappa shape index (κ2) is 53.2. The van der Waals surface area contributed by atoms with E-state index in [-0.39, 0.29) is 112 Å². The zero-order valence-electron chi connectivity index (χ0n) is 2.98. The fraction of sp³-hybridized carbons (Fsp3) is 0. The molecule has 7 heteroatoms. The van der Waals surface area contributed by atoms with Crippen LogP contribution in [-0.4, -0.2) is 0 Å². The molecule has 1 radical (unpaired) electrons. The molecule has 0 aliphatic heterocycles. The molecule has 0 N–H and O–H groups in total. The fourth-order valence-corrected chi connectivity index (χ4v) is 0. The summed E-state index contributed by atoms with van der Waals surface area (Å²) in [4.78, 5) is 0. The zero-order valence-corrected chi connectivity index (χ0v) is 12.5. The van der Waals surface area contributed by atoms with Gasteiger partial charge in [-0.2, -0.15) is 19.8 Å². The van der Waals surface area contributed by atoms with Gasteiger partial charge in [-0.1, -0.05) is 0 Å². The van der Waals surface area contributed by atoms with E-state index < -0.39 is 0 Å². The molecule has 0 fully saturated rings. The zero-order chi connectivity index (χ0) is 0. The summed E-state index contributed by atoms with van der Waals surface area (Å²) in [6, 6.07) is 0. The Balaban J connectivity index is 0. The van der Waals surface area contributed by atoms with Gasteiger partial charge in [0.1, 0.15) is 0 Å². The monoisotopic (exact) mass is 545 g/mol. The van der Waals surface area contributed by atoms with Crippen molar-refractivity contribution in [1.82, 2.24) is 0 Å². The van der Waals surface area contributed by atoms with E-state index in [4.69, 9.17) is 0 Å². The van der Waals surface area contributed by atoms with E-state index in [0.717, 1.165) is 0 Å². The standard InChI is InChI=1S/Au.3Ni.2H3P.Pd/h;;;;2*1H3;. The van der Waals surface area contributed by atoms with Crippen molar-refractivity contribution in [2.45, 2.75) is 0 Å². The summed E-state index contributed by atoms with van der Waals surface area (Å²) in [5.41, 5.74) is 0. The van der Waals surface area contributed by atoms with Gasteiger partial charge in [0.2, 0.25) is 0 Å². The van der Waals surface area contributed by atoms with Gasteiger partial charge in [0.05, 0.1) is 0 Å². The molecule has 0 aliphatic carbocycles. The average Bonchev–Trinajstić information content (AvgIpc) is 0. The van der Waals surface area contributed by atoms with Crippen LogP contribution >= 0.6 is 19.8 Å². The van der Waals surface area contributed by atoms with Gasteiger partial charge in [0.25, 0.3) is 0 Å². The molecule has 0 heterocycles. The quantitative estimate of drug-likeness (QED) is 0.299. The first kappa shape index (κ1) is 72.8. The molecule has 0 amide bonds. The molecule has 0 aromatic rings. The maximum Gasteiger partial charge on any atom is 0 e. The van der Waals surface area contributed by atoms with Crippen molar-refractivity contribution in [3.05, 3.63) is 0 Å². The molecule has 0 saturated heterocycles. The average molecular weight is 547 g/mol. The van der Waals surface area contributed by atoms with Crippen LogP contribution in [0.3, 0.4) is 0 Å². The van der Waals surface area contributed by atoms with Crippen LogP contribution in [0.15, 0.2) is 0 Å². The van der Waals surface area contributed by atoms with Gasteiger partial charge >= 0.3 is 0 Å². The van der Waals surface area contributed by atoms with Crippen LogP contribution < -0.4 is 0 Å². The Kier molecular flexibility index (Phi) is 553. The molecule has 0 spiro atoms. The molecule has 0 aliphatic rings. The minimum atomic E-state index is 0. The topological polar surface area (TPSA) is 0 Å². The normalized spacial score (nSPS) is 0. The SMILES string of the molecule is P.P.[Au].[Ni].[Ni].[Ni].[Pd]. The van der Waals surface area contributed by atoms with Crippen molar-refractivity contribution in [3.8, 4) is 0 Å². The van der Waals surface area contributed by atoms with E-state index in [1.54, 1.807) is 0 Å². The Bertz CT molecular complexity index is 12.9. The first-order chi connectivity index (χ1) is 0. The summed E-state index contributed by atoms with van der Waals surface area (Å²) in [5, 5.41) is 0. The third-order valence-electron chi connectivity index (χ3n) is 0. The summed E-state index contributed by atoms with van der Waals surface area (Å²) in [6.45, 7) is 0. The molecule has 0 bridgehead atoms. The maximum atomic E-state index is 0. The Hall–Kier alpha value is 3.74. The summed E-state index contributed by atoms with van der Waals surface area (Å²) < 4.78 is 0. The molecular weight excluding hydrogens is 541 g/mol.